The summed E-state index contributed by atoms with van der Waals surface area (Å²) in [4.78, 5) is 14.1. The van der Waals surface area contributed by atoms with E-state index in [1.807, 2.05) is 0 Å². The number of carbonyl (C=O) groups excluding carboxylic acids is 1. The second-order valence-electron chi connectivity index (χ2n) is 5.39. The first-order valence-electron chi connectivity index (χ1n) is 7.03. The topological polar surface area (TPSA) is 58.4 Å². The number of rotatable bonds is 6. The van der Waals surface area contributed by atoms with Crippen molar-refractivity contribution in [1.82, 2.24) is 10.2 Å². The minimum Gasteiger partial charge on any atom is -0.352 e. The largest absolute Gasteiger partial charge is 0.352 e. The van der Waals surface area contributed by atoms with E-state index in [9.17, 15) is 4.79 Å². The lowest BCUT2D eigenvalue weighted by molar-refractivity contribution is -0.123. The van der Waals surface area contributed by atoms with Crippen molar-refractivity contribution in [3.63, 3.8) is 0 Å². The van der Waals surface area contributed by atoms with Gasteiger partial charge >= 0.3 is 0 Å². The summed E-state index contributed by atoms with van der Waals surface area (Å²) in [5.74, 6) is 0.187. The molecule has 0 aromatic carbocycles. The summed E-state index contributed by atoms with van der Waals surface area (Å²) in [5.41, 5.74) is 5.65. The van der Waals surface area contributed by atoms with Gasteiger partial charge in [-0.2, -0.15) is 0 Å². The van der Waals surface area contributed by atoms with Crippen LogP contribution in [0.3, 0.4) is 0 Å². The molecule has 2 fully saturated rings. The van der Waals surface area contributed by atoms with Gasteiger partial charge in [-0.25, -0.2) is 0 Å². The van der Waals surface area contributed by atoms with Crippen LogP contribution in [0.1, 0.15) is 44.9 Å². The van der Waals surface area contributed by atoms with E-state index in [0.29, 0.717) is 25.2 Å². The first kappa shape index (κ1) is 12.8. The second-order valence-corrected chi connectivity index (χ2v) is 5.39. The number of nitrogens with zero attached hydrogens (tertiary/aromatic N) is 1. The minimum absolute atomic E-state index is 0.187. The Hall–Kier alpha value is -0.610. The maximum absolute atomic E-state index is 11.8. The molecule has 2 aliphatic carbocycles. The smallest absolute Gasteiger partial charge is 0.234 e. The van der Waals surface area contributed by atoms with E-state index in [1.165, 1.54) is 32.1 Å². The molecule has 0 atom stereocenters. The molecule has 4 heteroatoms. The van der Waals surface area contributed by atoms with Crippen LogP contribution in [-0.4, -0.2) is 42.5 Å². The van der Waals surface area contributed by atoms with E-state index in [4.69, 9.17) is 5.73 Å². The van der Waals surface area contributed by atoms with Crippen molar-refractivity contribution in [3.05, 3.63) is 0 Å². The summed E-state index contributed by atoms with van der Waals surface area (Å²) < 4.78 is 0. The third kappa shape index (κ3) is 4.28. The monoisotopic (exact) mass is 239 g/mol. The van der Waals surface area contributed by atoms with Crippen molar-refractivity contribution in [2.45, 2.75) is 57.0 Å². The van der Waals surface area contributed by atoms with Gasteiger partial charge in [0.2, 0.25) is 5.91 Å². The summed E-state index contributed by atoms with van der Waals surface area (Å²) in [5, 5.41) is 3.06. The molecule has 4 nitrogen and oxygen atoms in total. The SMILES string of the molecule is NCCN(CC(=O)NC1CC1)C1CCCCC1. The van der Waals surface area contributed by atoms with Gasteiger partial charge in [-0.1, -0.05) is 19.3 Å². The number of nitrogens with two attached hydrogens (primary N) is 1. The molecule has 2 saturated carbocycles. The Morgan fingerprint density at radius 2 is 1.88 bits per heavy atom. The average Bonchev–Trinajstić information content (AvgIpc) is 3.13. The molecule has 1 amide bonds. The third-order valence-corrected chi connectivity index (χ3v) is 3.80. The van der Waals surface area contributed by atoms with Crippen molar-refractivity contribution in [1.29, 1.82) is 0 Å². The lowest BCUT2D eigenvalue weighted by Gasteiger charge is -2.33. The first-order chi connectivity index (χ1) is 8.29. The van der Waals surface area contributed by atoms with Crippen LogP contribution < -0.4 is 11.1 Å². The molecule has 0 unspecified atom stereocenters. The Bertz CT molecular complexity index is 247. The van der Waals surface area contributed by atoms with Crippen LogP contribution in [0, 0.1) is 0 Å². The zero-order chi connectivity index (χ0) is 12.1. The van der Waals surface area contributed by atoms with Gasteiger partial charge in [-0.05, 0) is 25.7 Å². The molecule has 0 bridgehead atoms. The standard InChI is InChI=1S/C13H25N3O/c14-8-9-16(12-4-2-1-3-5-12)10-13(17)15-11-6-7-11/h11-12H,1-10,14H2,(H,15,17). The predicted octanol–water partition coefficient (Wildman–Crippen LogP) is 0.858. The van der Waals surface area contributed by atoms with Gasteiger partial charge in [0, 0.05) is 25.2 Å². The zero-order valence-corrected chi connectivity index (χ0v) is 10.7. The fourth-order valence-corrected chi connectivity index (χ4v) is 2.69. The van der Waals surface area contributed by atoms with Gasteiger partial charge in [0.05, 0.1) is 6.54 Å². The van der Waals surface area contributed by atoms with Gasteiger partial charge < -0.3 is 11.1 Å². The Labute approximate surface area is 104 Å². The molecule has 0 saturated heterocycles. The highest BCUT2D eigenvalue weighted by Gasteiger charge is 2.26. The fraction of sp³-hybridized carbons (Fsp3) is 0.923. The highest BCUT2D eigenvalue weighted by molar-refractivity contribution is 5.78. The average molecular weight is 239 g/mol. The third-order valence-electron chi connectivity index (χ3n) is 3.80. The van der Waals surface area contributed by atoms with Crippen LogP contribution in [0.5, 0.6) is 0 Å². The Morgan fingerprint density at radius 1 is 1.18 bits per heavy atom. The van der Waals surface area contributed by atoms with Gasteiger partial charge in [0.25, 0.3) is 0 Å². The molecule has 0 heterocycles. The zero-order valence-electron chi connectivity index (χ0n) is 10.7. The number of hydrogen-bond donors (Lipinski definition) is 2. The van der Waals surface area contributed by atoms with E-state index in [-0.39, 0.29) is 5.91 Å². The fourth-order valence-electron chi connectivity index (χ4n) is 2.69. The molecule has 0 spiro atoms. The lowest BCUT2D eigenvalue weighted by Crippen LogP contribution is -2.46. The van der Waals surface area contributed by atoms with Crippen LogP contribution in [0.25, 0.3) is 0 Å². The second kappa shape index (κ2) is 6.36. The van der Waals surface area contributed by atoms with Crippen molar-refractivity contribution >= 4 is 5.91 Å². The number of hydrogen-bond acceptors (Lipinski definition) is 3. The van der Waals surface area contributed by atoms with Crippen molar-refractivity contribution in [2.24, 2.45) is 5.73 Å². The maximum atomic E-state index is 11.8. The van der Waals surface area contributed by atoms with E-state index in [2.05, 4.69) is 10.2 Å². The van der Waals surface area contributed by atoms with Crippen LogP contribution in [0.2, 0.25) is 0 Å². The molecule has 98 valence electrons. The van der Waals surface area contributed by atoms with Gasteiger partial charge in [0.15, 0.2) is 0 Å². The van der Waals surface area contributed by atoms with Crippen LogP contribution >= 0.6 is 0 Å². The predicted molar refractivity (Wildman–Crippen MR) is 68.7 cm³/mol. The van der Waals surface area contributed by atoms with Crippen molar-refractivity contribution in [3.8, 4) is 0 Å². The summed E-state index contributed by atoms with van der Waals surface area (Å²) >= 11 is 0. The van der Waals surface area contributed by atoms with Crippen LogP contribution in [0.4, 0.5) is 0 Å². The maximum Gasteiger partial charge on any atom is 0.234 e. The van der Waals surface area contributed by atoms with Gasteiger partial charge in [-0.15, -0.1) is 0 Å². The van der Waals surface area contributed by atoms with E-state index >= 15 is 0 Å². The molecule has 0 aromatic rings. The first-order valence-corrected chi connectivity index (χ1v) is 7.03. The van der Waals surface area contributed by atoms with E-state index < -0.39 is 0 Å². The highest BCUT2D eigenvalue weighted by Crippen LogP contribution is 2.22. The molecule has 0 aromatic heterocycles. The molecule has 2 aliphatic rings. The summed E-state index contributed by atoms with van der Waals surface area (Å²) in [7, 11) is 0. The van der Waals surface area contributed by atoms with Crippen LogP contribution in [0.15, 0.2) is 0 Å². The molecular weight excluding hydrogens is 214 g/mol. The van der Waals surface area contributed by atoms with E-state index in [1.54, 1.807) is 0 Å². The summed E-state index contributed by atoms with van der Waals surface area (Å²) in [6, 6.07) is 1.05. The Kier molecular flexibility index (Phi) is 4.80. The molecule has 3 N–H and O–H groups in total. The molecule has 17 heavy (non-hydrogen) atoms. The van der Waals surface area contributed by atoms with Crippen LogP contribution in [-0.2, 0) is 4.79 Å². The summed E-state index contributed by atoms with van der Waals surface area (Å²) in [6.45, 7) is 2.04. The van der Waals surface area contributed by atoms with Gasteiger partial charge in [-0.3, -0.25) is 9.69 Å². The van der Waals surface area contributed by atoms with E-state index in [0.717, 1.165) is 19.4 Å². The summed E-state index contributed by atoms with van der Waals surface area (Å²) in [6.07, 6.45) is 8.73. The van der Waals surface area contributed by atoms with Crippen molar-refractivity contribution < 1.29 is 4.79 Å². The lowest BCUT2D eigenvalue weighted by atomic mass is 9.94. The van der Waals surface area contributed by atoms with Crippen molar-refractivity contribution in [2.75, 3.05) is 19.6 Å². The molecule has 0 aliphatic heterocycles. The molecular formula is C13H25N3O. The number of carbonyl (C=O) groups is 1. The molecule has 0 radical (unpaired) electrons. The minimum atomic E-state index is 0.187. The quantitative estimate of drug-likeness (QED) is 0.723. The Morgan fingerprint density at radius 3 is 2.47 bits per heavy atom. The Balaban J connectivity index is 1.79. The number of nitrogens with one attached hydrogen (secondary N) is 1. The van der Waals surface area contributed by atoms with Gasteiger partial charge in [0.1, 0.15) is 0 Å². The normalized spacial score (nSPS) is 21.8. The highest BCUT2D eigenvalue weighted by atomic mass is 16.2. The molecule has 2 rings (SSSR count). The number of amides is 1.